The highest BCUT2D eigenvalue weighted by Crippen LogP contribution is 2.23. The lowest BCUT2D eigenvalue weighted by Crippen LogP contribution is -2.01. The second-order valence-corrected chi connectivity index (χ2v) is 4.46. The molecule has 0 spiro atoms. The van der Waals surface area contributed by atoms with Crippen molar-refractivity contribution in [3.05, 3.63) is 53.6 Å². The van der Waals surface area contributed by atoms with Crippen molar-refractivity contribution in [2.24, 2.45) is 0 Å². The van der Waals surface area contributed by atoms with Gasteiger partial charge in [-0.3, -0.25) is 4.79 Å². The van der Waals surface area contributed by atoms with Gasteiger partial charge in [0.05, 0.1) is 18.6 Å². The molecule has 0 heterocycles. The molecule has 0 unspecified atom stereocenters. The van der Waals surface area contributed by atoms with Gasteiger partial charge in [-0.2, -0.15) is 0 Å². The number of hydrogen-bond acceptors (Lipinski definition) is 3. The number of aromatic carboxylic acids is 1. The molecule has 108 valence electrons. The second kappa shape index (κ2) is 6.70. The average molecular weight is 284 g/mol. The molecule has 2 rings (SSSR count). The van der Waals surface area contributed by atoms with Crippen LogP contribution in [0.25, 0.3) is 16.8 Å². The number of carbonyl (C=O) groups excluding carboxylic acids is 1. The predicted octanol–water partition coefficient (Wildman–Crippen LogP) is 3.50. The van der Waals surface area contributed by atoms with Gasteiger partial charge in [0.25, 0.3) is 0 Å². The molecular formula is C17H16O4. The zero-order valence-electron chi connectivity index (χ0n) is 11.7. The molecule has 0 saturated carbocycles. The molecule has 21 heavy (non-hydrogen) atoms. The highest BCUT2D eigenvalue weighted by molar-refractivity contribution is 6.05. The van der Waals surface area contributed by atoms with E-state index in [1.165, 1.54) is 0 Å². The van der Waals surface area contributed by atoms with Gasteiger partial charge in [0.1, 0.15) is 0 Å². The summed E-state index contributed by atoms with van der Waals surface area (Å²) >= 11 is 0. The highest BCUT2D eigenvalue weighted by Gasteiger charge is 2.08. The number of hydrogen-bond donors (Lipinski definition) is 1. The van der Waals surface area contributed by atoms with E-state index in [0.29, 0.717) is 12.0 Å². The van der Waals surface area contributed by atoms with E-state index in [9.17, 15) is 14.7 Å². The Hall–Kier alpha value is -2.62. The molecule has 0 aliphatic rings. The van der Waals surface area contributed by atoms with E-state index < -0.39 is 5.97 Å². The zero-order valence-corrected chi connectivity index (χ0v) is 11.7. The van der Waals surface area contributed by atoms with E-state index in [1.807, 2.05) is 18.2 Å². The molecule has 4 nitrogen and oxygen atoms in total. The molecule has 0 aliphatic carbocycles. The first-order chi connectivity index (χ1) is 10.1. The Balaban J connectivity index is 2.33. The third kappa shape index (κ3) is 3.48. The number of carbonyl (C=O) groups is 2. The molecule has 2 aromatic carbocycles. The van der Waals surface area contributed by atoms with Crippen LogP contribution in [-0.4, -0.2) is 23.7 Å². The summed E-state index contributed by atoms with van der Waals surface area (Å²) in [5.74, 6) is -1.23. The Morgan fingerprint density at radius 3 is 2.57 bits per heavy atom. The maximum absolute atomic E-state index is 11.3. The van der Waals surface area contributed by atoms with Crippen LogP contribution in [0.5, 0.6) is 0 Å². The van der Waals surface area contributed by atoms with Crippen LogP contribution in [0.3, 0.4) is 0 Å². The first kappa shape index (κ1) is 14.8. The van der Waals surface area contributed by atoms with Crippen molar-refractivity contribution >= 4 is 28.8 Å². The van der Waals surface area contributed by atoms with Gasteiger partial charge >= 0.3 is 11.9 Å². The van der Waals surface area contributed by atoms with Crippen molar-refractivity contribution in [2.75, 3.05) is 6.61 Å². The van der Waals surface area contributed by atoms with Crippen LogP contribution in [0.15, 0.2) is 42.5 Å². The quantitative estimate of drug-likeness (QED) is 0.853. The van der Waals surface area contributed by atoms with E-state index >= 15 is 0 Å². The second-order valence-electron chi connectivity index (χ2n) is 4.46. The largest absolute Gasteiger partial charge is 0.478 e. The molecular weight excluding hydrogens is 268 g/mol. The summed E-state index contributed by atoms with van der Waals surface area (Å²) in [5, 5.41) is 10.7. The monoisotopic (exact) mass is 284 g/mol. The van der Waals surface area contributed by atoms with E-state index in [0.717, 1.165) is 10.9 Å². The third-order valence-corrected chi connectivity index (χ3v) is 3.07. The normalized spacial score (nSPS) is 10.9. The molecule has 4 heteroatoms. The topological polar surface area (TPSA) is 63.6 Å². The summed E-state index contributed by atoms with van der Waals surface area (Å²) in [7, 11) is 0. The lowest BCUT2D eigenvalue weighted by atomic mass is 9.99. The molecule has 0 bridgehead atoms. The fourth-order valence-electron chi connectivity index (χ4n) is 2.17. The van der Waals surface area contributed by atoms with E-state index in [4.69, 9.17) is 4.74 Å². The number of carboxylic acids is 1. The predicted molar refractivity (Wildman–Crippen MR) is 81.2 cm³/mol. The van der Waals surface area contributed by atoms with Gasteiger partial charge in [-0.15, -0.1) is 0 Å². The summed E-state index contributed by atoms with van der Waals surface area (Å²) in [6.45, 7) is 2.13. The number of ether oxygens (including phenoxy) is 1. The minimum atomic E-state index is -0.951. The summed E-state index contributed by atoms with van der Waals surface area (Å²) in [4.78, 5) is 22.5. The minimum absolute atomic E-state index is 0.197. The third-order valence-electron chi connectivity index (χ3n) is 3.07. The Morgan fingerprint density at radius 1 is 1.14 bits per heavy atom. The SMILES string of the molecule is CCOC(=O)CC=Cc1cccc2c(C(=O)O)cccc12. The maximum atomic E-state index is 11.3. The van der Waals surface area contributed by atoms with Crippen molar-refractivity contribution in [3.63, 3.8) is 0 Å². The van der Waals surface area contributed by atoms with Crippen LogP contribution >= 0.6 is 0 Å². The number of esters is 1. The number of rotatable bonds is 5. The van der Waals surface area contributed by atoms with Crippen LogP contribution in [0, 0.1) is 0 Å². The van der Waals surface area contributed by atoms with Crippen molar-refractivity contribution in [1.29, 1.82) is 0 Å². The van der Waals surface area contributed by atoms with Crippen molar-refractivity contribution in [2.45, 2.75) is 13.3 Å². The Morgan fingerprint density at radius 2 is 1.86 bits per heavy atom. The number of benzene rings is 2. The van der Waals surface area contributed by atoms with Gasteiger partial charge in [0.15, 0.2) is 0 Å². The summed E-state index contributed by atoms with van der Waals surface area (Å²) in [6.07, 6.45) is 3.73. The van der Waals surface area contributed by atoms with Gasteiger partial charge in [-0.05, 0) is 29.3 Å². The molecule has 0 aromatic heterocycles. The van der Waals surface area contributed by atoms with Crippen molar-refractivity contribution in [3.8, 4) is 0 Å². The first-order valence-electron chi connectivity index (χ1n) is 6.70. The van der Waals surface area contributed by atoms with Gasteiger partial charge in [0.2, 0.25) is 0 Å². The van der Waals surface area contributed by atoms with Crippen molar-refractivity contribution in [1.82, 2.24) is 0 Å². The first-order valence-corrected chi connectivity index (χ1v) is 6.70. The van der Waals surface area contributed by atoms with Crippen LogP contribution in [0.2, 0.25) is 0 Å². The lowest BCUT2D eigenvalue weighted by Gasteiger charge is -2.05. The van der Waals surface area contributed by atoms with Gasteiger partial charge < -0.3 is 9.84 Å². The van der Waals surface area contributed by atoms with Gasteiger partial charge in [-0.1, -0.05) is 42.5 Å². The summed E-state index contributed by atoms with van der Waals surface area (Å²) in [5.41, 5.74) is 1.15. The average Bonchev–Trinajstić information content (AvgIpc) is 2.47. The number of fused-ring (bicyclic) bond motifs is 1. The molecule has 1 N–H and O–H groups in total. The Labute approximate surface area is 122 Å². The molecule has 0 radical (unpaired) electrons. The van der Waals surface area contributed by atoms with Crippen molar-refractivity contribution < 1.29 is 19.4 Å². The van der Waals surface area contributed by atoms with E-state index in [-0.39, 0.29) is 18.0 Å². The molecule has 0 fully saturated rings. The minimum Gasteiger partial charge on any atom is -0.478 e. The van der Waals surface area contributed by atoms with Gasteiger partial charge in [-0.25, -0.2) is 4.79 Å². The molecule has 0 saturated heterocycles. The summed E-state index contributed by atoms with van der Waals surface area (Å²) in [6, 6.07) is 10.6. The molecule has 0 aliphatic heterocycles. The molecule has 0 atom stereocenters. The van der Waals surface area contributed by atoms with E-state index in [2.05, 4.69) is 0 Å². The van der Waals surface area contributed by atoms with Gasteiger partial charge in [0, 0.05) is 0 Å². The Bertz CT molecular complexity index is 701. The van der Waals surface area contributed by atoms with Crippen LogP contribution in [0.4, 0.5) is 0 Å². The van der Waals surface area contributed by atoms with Crippen LogP contribution in [-0.2, 0) is 9.53 Å². The summed E-state index contributed by atoms with van der Waals surface area (Å²) < 4.78 is 4.85. The standard InChI is InChI=1S/C17H16O4/c1-2-21-16(18)11-4-7-12-6-3-9-14-13(12)8-5-10-15(14)17(19)20/h3-10H,2,11H2,1H3,(H,19,20). The zero-order chi connectivity index (χ0) is 15.2. The highest BCUT2D eigenvalue weighted by atomic mass is 16.5. The fraction of sp³-hybridized carbons (Fsp3) is 0.176. The van der Waals surface area contributed by atoms with Crippen LogP contribution < -0.4 is 0 Å². The number of carboxylic acid groups (broad SMARTS) is 1. The molecule has 2 aromatic rings. The molecule has 0 amide bonds. The van der Waals surface area contributed by atoms with E-state index in [1.54, 1.807) is 37.3 Å². The van der Waals surface area contributed by atoms with Crippen LogP contribution in [0.1, 0.15) is 29.3 Å². The Kier molecular flexibility index (Phi) is 4.72. The fourth-order valence-corrected chi connectivity index (χ4v) is 2.17. The lowest BCUT2D eigenvalue weighted by molar-refractivity contribution is -0.142. The smallest absolute Gasteiger partial charge is 0.336 e. The maximum Gasteiger partial charge on any atom is 0.336 e.